The summed E-state index contributed by atoms with van der Waals surface area (Å²) in [5, 5.41) is 6.02. The molecule has 0 aromatic heterocycles. The van der Waals surface area contributed by atoms with E-state index in [1.807, 2.05) is 45.0 Å². The molecule has 0 aliphatic carbocycles. The van der Waals surface area contributed by atoms with E-state index in [9.17, 15) is 9.59 Å². The minimum Gasteiger partial charge on any atom is -0.495 e. The van der Waals surface area contributed by atoms with Gasteiger partial charge in [0.05, 0.1) is 18.0 Å². The SMILES string of the molecule is CCCC(=O)Nc1ccc(SC(C)C(=O)Nc2cc(C)c(Cl)cc2OC)cc1. The summed E-state index contributed by atoms with van der Waals surface area (Å²) in [4.78, 5) is 25.2. The van der Waals surface area contributed by atoms with E-state index in [2.05, 4.69) is 10.6 Å². The molecule has 1 unspecified atom stereocenters. The number of ether oxygens (including phenoxy) is 1. The summed E-state index contributed by atoms with van der Waals surface area (Å²) in [6.45, 7) is 5.68. The van der Waals surface area contributed by atoms with E-state index in [-0.39, 0.29) is 17.1 Å². The molecule has 7 heteroatoms. The normalized spacial score (nSPS) is 11.6. The van der Waals surface area contributed by atoms with Crippen molar-refractivity contribution in [1.29, 1.82) is 0 Å². The van der Waals surface area contributed by atoms with E-state index < -0.39 is 0 Å². The number of methoxy groups -OCH3 is 1. The molecule has 0 bridgehead atoms. The van der Waals surface area contributed by atoms with Gasteiger partial charge in [0.1, 0.15) is 5.75 Å². The summed E-state index contributed by atoms with van der Waals surface area (Å²) in [6, 6.07) is 10.9. The van der Waals surface area contributed by atoms with Crippen LogP contribution in [0.4, 0.5) is 11.4 Å². The zero-order valence-electron chi connectivity index (χ0n) is 16.5. The van der Waals surface area contributed by atoms with Crippen LogP contribution in [-0.2, 0) is 9.59 Å². The van der Waals surface area contributed by atoms with E-state index in [0.717, 1.165) is 22.6 Å². The van der Waals surface area contributed by atoms with E-state index >= 15 is 0 Å². The highest BCUT2D eigenvalue weighted by atomic mass is 35.5. The standard InChI is InChI=1S/C21H25ClN2O3S/c1-5-6-20(25)23-15-7-9-16(10-8-15)28-14(3)21(26)24-18-11-13(2)17(22)12-19(18)27-4/h7-12,14H,5-6H2,1-4H3,(H,23,25)(H,24,26). The van der Waals surface area contributed by atoms with Gasteiger partial charge in [-0.3, -0.25) is 9.59 Å². The monoisotopic (exact) mass is 420 g/mol. The van der Waals surface area contributed by atoms with Gasteiger partial charge in [0, 0.05) is 28.1 Å². The summed E-state index contributed by atoms with van der Waals surface area (Å²) in [7, 11) is 1.54. The molecule has 0 saturated heterocycles. The molecule has 2 rings (SSSR count). The van der Waals surface area contributed by atoms with E-state index in [1.165, 1.54) is 18.9 Å². The zero-order valence-corrected chi connectivity index (χ0v) is 18.0. The van der Waals surface area contributed by atoms with Crippen molar-refractivity contribution in [2.75, 3.05) is 17.7 Å². The predicted octanol–water partition coefficient (Wildman–Crippen LogP) is 5.51. The molecule has 0 aliphatic heterocycles. The van der Waals surface area contributed by atoms with Gasteiger partial charge in [0.2, 0.25) is 11.8 Å². The maximum absolute atomic E-state index is 12.6. The number of carbonyl (C=O) groups excluding carboxylic acids is 2. The number of halogens is 1. The minimum atomic E-state index is -0.318. The summed E-state index contributed by atoms with van der Waals surface area (Å²) in [6.07, 6.45) is 1.31. The lowest BCUT2D eigenvalue weighted by Gasteiger charge is -2.15. The molecule has 0 aliphatic rings. The smallest absolute Gasteiger partial charge is 0.237 e. The third-order valence-corrected chi connectivity index (χ3v) is 5.56. The lowest BCUT2D eigenvalue weighted by molar-refractivity contribution is -0.116. The lowest BCUT2D eigenvalue weighted by Crippen LogP contribution is -2.22. The molecule has 0 radical (unpaired) electrons. The Balaban J connectivity index is 1.99. The van der Waals surface area contributed by atoms with Crippen LogP contribution >= 0.6 is 23.4 Å². The molecule has 2 aromatic rings. The number of nitrogens with one attached hydrogen (secondary N) is 2. The predicted molar refractivity (Wildman–Crippen MR) is 117 cm³/mol. The average Bonchev–Trinajstić information content (AvgIpc) is 2.66. The highest BCUT2D eigenvalue weighted by Gasteiger charge is 2.17. The van der Waals surface area contributed by atoms with Gasteiger partial charge in [0.15, 0.2) is 0 Å². The molecule has 1 atom stereocenters. The first-order valence-corrected chi connectivity index (χ1v) is 10.3. The Morgan fingerprint density at radius 1 is 1.18 bits per heavy atom. The molecule has 2 aromatic carbocycles. The molecular formula is C21H25ClN2O3S. The lowest BCUT2D eigenvalue weighted by atomic mass is 10.2. The highest BCUT2D eigenvalue weighted by molar-refractivity contribution is 8.00. The first-order chi connectivity index (χ1) is 13.3. The largest absolute Gasteiger partial charge is 0.495 e. The van der Waals surface area contributed by atoms with Crippen molar-refractivity contribution in [3.05, 3.63) is 47.0 Å². The van der Waals surface area contributed by atoms with E-state index in [4.69, 9.17) is 16.3 Å². The first kappa shape index (κ1) is 22.1. The molecular weight excluding hydrogens is 396 g/mol. The summed E-state index contributed by atoms with van der Waals surface area (Å²) in [5.74, 6) is 0.390. The number of amides is 2. The number of anilines is 2. The number of thioether (sulfide) groups is 1. The van der Waals surface area contributed by atoms with Crippen molar-refractivity contribution in [3.8, 4) is 5.75 Å². The second-order valence-electron chi connectivity index (χ2n) is 6.37. The van der Waals surface area contributed by atoms with Gasteiger partial charge < -0.3 is 15.4 Å². The molecule has 0 spiro atoms. The van der Waals surface area contributed by atoms with Crippen LogP contribution in [0.3, 0.4) is 0 Å². The second kappa shape index (κ2) is 10.4. The van der Waals surface area contributed by atoms with Crippen LogP contribution in [0.1, 0.15) is 32.3 Å². The van der Waals surface area contributed by atoms with Crippen LogP contribution in [-0.4, -0.2) is 24.2 Å². The maximum atomic E-state index is 12.6. The summed E-state index contributed by atoms with van der Waals surface area (Å²) >= 11 is 7.55. The number of benzene rings is 2. The quantitative estimate of drug-likeness (QED) is 0.552. The van der Waals surface area contributed by atoms with Crippen molar-refractivity contribution in [2.24, 2.45) is 0 Å². The van der Waals surface area contributed by atoms with E-state index in [1.54, 1.807) is 12.1 Å². The van der Waals surface area contributed by atoms with Gasteiger partial charge >= 0.3 is 0 Å². The number of carbonyl (C=O) groups is 2. The number of rotatable bonds is 8. The molecule has 5 nitrogen and oxygen atoms in total. The molecule has 2 N–H and O–H groups in total. The minimum absolute atomic E-state index is 0.00264. The van der Waals surface area contributed by atoms with Crippen molar-refractivity contribution in [3.63, 3.8) is 0 Å². The van der Waals surface area contributed by atoms with Crippen LogP contribution in [0.2, 0.25) is 5.02 Å². The van der Waals surface area contributed by atoms with Crippen LogP contribution in [0, 0.1) is 6.92 Å². The third-order valence-electron chi connectivity index (χ3n) is 4.04. The first-order valence-electron chi connectivity index (χ1n) is 9.05. The van der Waals surface area contributed by atoms with Crippen molar-refractivity contribution < 1.29 is 14.3 Å². The van der Waals surface area contributed by atoms with Gasteiger partial charge in [-0.15, -0.1) is 11.8 Å². The highest BCUT2D eigenvalue weighted by Crippen LogP contribution is 2.32. The second-order valence-corrected chi connectivity index (χ2v) is 8.19. The Morgan fingerprint density at radius 3 is 2.46 bits per heavy atom. The van der Waals surface area contributed by atoms with Gasteiger partial charge in [0.25, 0.3) is 0 Å². The fourth-order valence-electron chi connectivity index (χ4n) is 2.49. The van der Waals surface area contributed by atoms with Crippen LogP contribution in [0.25, 0.3) is 0 Å². The molecule has 0 saturated carbocycles. The zero-order chi connectivity index (χ0) is 20.7. The third kappa shape index (κ3) is 6.17. The average molecular weight is 421 g/mol. The van der Waals surface area contributed by atoms with Crippen molar-refractivity contribution in [2.45, 2.75) is 43.8 Å². The number of hydrogen-bond acceptors (Lipinski definition) is 4. The molecule has 150 valence electrons. The molecule has 0 fully saturated rings. The van der Waals surface area contributed by atoms with Gasteiger partial charge in [-0.2, -0.15) is 0 Å². The fourth-order valence-corrected chi connectivity index (χ4v) is 3.51. The summed E-state index contributed by atoms with van der Waals surface area (Å²) < 4.78 is 5.30. The Kier molecular flexibility index (Phi) is 8.20. The van der Waals surface area contributed by atoms with Crippen LogP contribution < -0.4 is 15.4 Å². The molecule has 2 amide bonds. The van der Waals surface area contributed by atoms with Gasteiger partial charge in [-0.25, -0.2) is 0 Å². The Morgan fingerprint density at radius 2 is 1.86 bits per heavy atom. The number of aryl methyl sites for hydroxylation is 1. The van der Waals surface area contributed by atoms with Gasteiger partial charge in [-0.1, -0.05) is 18.5 Å². The maximum Gasteiger partial charge on any atom is 0.237 e. The van der Waals surface area contributed by atoms with Crippen LogP contribution in [0.5, 0.6) is 5.75 Å². The number of hydrogen-bond donors (Lipinski definition) is 2. The molecule has 0 heterocycles. The van der Waals surface area contributed by atoms with Gasteiger partial charge in [-0.05, 0) is 56.2 Å². The van der Waals surface area contributed by atoms with Crippen molar-refractivity contribution >= 4 is 46.6 Å². The van der Waals surface area contributed by atoms with E-state index in [0.29, 0.717) is 22.9 Å². The van der Waals surface area contributed by atoms with Crippen LogP contribution in [0.15, 0.2) is 41.3 Å². The molecule has 28 heavy (non-hydrogen) atoms. The Bertz CT molecular complexity index is 840. The Labute approximate surface area is 175 Å². The topological polar surface area (TPSA) is 67.4 Å². The Hall–Kier alpha value is -2.18. The summed E-state index contributed by atoms with van der Waals surface area (Å²) in [5.41, 5.74) is 2.20. The van der Waals surface area contributed by atoms with Crippen molar-refractivity contribution in [1.82, 2.24) is 0 Å². The fraction of sp³-hybridized carbons (Fsp3) is 0.333.